The average molecular weight is 286 g/mol. The molecule has 1 aromatic heterocycles. The van der Waals surface area contributed by atoms with Gasteiger partial charge in [0.15, 0.2) is 11.4 Å². The second kappa shape index (κ2) is 4.15. The fourth-order valence-corrected chi connectivity index (χ4v) is 3.11. The lowest BCUT2D eigenvalue weighted by Crippen LogP contribution is -2.23. The SMILES string of the molecule is OC1(c2cc3cccc(F)c3o2)CCc2cc(F)ccc21. The third-order valence-corrected chi connectivity index (χ3v) is 4.17. The molecule has 0 amide bonds. The van der Waals surface area contributed by atoms with Gasteiger partial charge in [-0.05, 0) is 48.2 Å². The van der Waals surface area contributed by atoms with E-state index in [1.54, 1.807) is 24.3 Å². The molecule has 1 atom stereocenters. The molecule has 0 bridgehead atoms. The molecule has 0 spiro atoms. The highest BCUT2D eigenvalue weighted by Gasteiger charge is 2.41. The zero-order valence-electron chi connectivity index (χ0n) is 11.1. The highest BCUT2D eigenvalue weighted by molar-refractivity contribution is 5.79. The quantitative estimate of drug-likeness (QED) is 0.736. The molecule has 4 heteroatoms. The number of aryl methyl sites for hydroxylation is 1. The predicted octanol–water partition coefficient (Wildman–Crippen LogP) is 3.89. The van der Waals surface area contributed by atoms with Gasteiger partial charge in [0.05, 0.1) is 0 Å². The van der Waals surface area contributed by atoms with Crippen molar-refractivity contribution in [3.63, 3.8) is 0 Å². The topological polar surface area (TPSA) is 33.4 Å². The Morgan fingerprint density at radius 2 is 1.95 bits per heavy atom. The molecular weight excluding hydrogens is 274 g/mol. The molecule has 0 saturated carbocycles. The monoisotopic (exact) mass is 286 g/mol. The van der Waals surface area contributed by atoms with E-state index in [2.05, 4.69) is 0 Å². The van der Waals surface area contributed by atoms with Crippen LogP contribution in [0.3, 0.4) is 0 Å². The fraction of sp³-hybridized carbons (Fsp3) is 0.176. The zero-order chi connectivity index (χ0) is 14.6. The van der Waals surface area contributed by atoms with Crippen LogP contribution in [-0.2, 0) is 12.0 Å². The Labute approximate surface area is 119 Å². The van der Waals surface area contributed by atoms with Crippen molar-refractivity contribution in [2.45, 2.75) is 18.4 Å². The number of furan rings is 1. The van der Waals surface area contributed by atoms with Gasteiger partial charge in [0.1, 0.15) is 17.2 Å². The van der Waals surface area contributed by atoms with Crippen LogP contribution in [0.2, 0.25) is 0 Å². The fourth-order valence-electron chi connectivity index (χ4n) is 3.11. The second-order valence-corrected chi connectivity index (χ2v) is 5.43. The van der Waals surface area contributed by atoms with Crippen molar-refractivity contribution in [2.75, 3.05) is 0 Å². The Hall–Kier alpha value is -2.20. The second-order valence-electron chi connectivity index (χ2n) is 5.43. The maximum absolute atomic E-state index is 13.7. The standard InChI is InChI=1S/C17H12F2O2/c18-12-4-5-13-10(8-12)6-7-17(13,20)15-9-11-2-1-3-14(19)16(11)21-15/h1-5,8-9,20H,6-7H2. The number of fused-ring (bicyclic) bond motifs is 2. The smallest absolute Gasteiger partial charge is 0.170 e. The first-order valence-electron chi connectivity index (χ1n) is 6.78. The lowest BCUT2D eigenvalue weighted by Gasteiger charge is -2.21. The van der Waals surface area contributed by atoms with Crippen molar-refractivity contribution < 1.29 is 18.3 Å². The third kappa shape index (κ3) is 1.72. The van der Waals surface area contributed by atoms with Crippen LogP contribution < -0.4 is 0 Å². The minimum absolute atomic E-state index is 0.136. The molecular formula is C17H12F2O2. The summed E-state index contributed by atoms with van der Waals surface area (Å²) in [4.78, 5) is 0. The summed E-state index contributed by atoms with van der Waals surface area (Å²) in [6, 6.07) is 10.6. The molecule has 0 saturated heterocycles. The van der Waals surface area contributed by atoms with Crippen molar-refractivity contribution >= 4 is 11.0 Å². The van der Waals surface area contributed by atoms with Crippen LogP contribution in [0.1, 0.15) is 23.3 Å². The van der Waals surface area contributed by atoms with Gasteiger partial charge in [0.2, 0.25) is 0 Å². The van der Waals surface area contributed by atoms with Crippen LogP contribution >= 0.6 is 0 Å². The normalized spacial score (nSPS) is 20.9. The molecule has 0 aliphatic heterocycles. The molecule has 2 aromatic carbocycles. The van der Waals surface area contributed by atoms with Gasteiger partial charge in [0.25, 0.3) is 0 Å². The maximum Gasteiger partial charge on any atom is 0.170 e. The summed E-state index contributed by atoms with van der Waals surface area (Å²) in [5.74, 6) is -0.485. The molecule has 1 unspecified atom stereocenters. The van der Waals surface area contributed by atoms with Gasteiger partial charge in [-0.3, -0.25) is 0 Å². The number of para-hydroxylation sites is 1. The van der Waals surface area contributed by atoms with Gasteiger partial charge < -0.3 is 9.52 Å². The van der Waals surface area contributed by atoms with E-state index >= 15 is 0 Å². The summed E-state index contributed by atoms with van der Waals surface area (Å²) in [5.41, 5.74) is 0.201. The van der Waals surface area contributed by atoms with Gasteiger partial charge in [0, 0.05) is 5.39 Å². The summed E-state index contributed by atoms with van der Waals surface area (Å²) < 4.78 is 32.6. The van der Waals surface area contributed by atoms with Crippen molar-refractivity contribution in [1.82, 2.24) is 0 Å². The average Bonchev–Trinajstić information content (AvgIpc) is 3.03. The number of halogens is 2. The van der Waals surface area contributed by atoms with Crippen molar-refractivity contribution in [3.05, 3.63) is 71.0 Å². The lowest BCUT2D eigenvalue weighted by molar-refractivity contribution is 0.0603. The number of aliphatic hydroxyl groups is 1. The van der Waals surface area contributed by atoms with E-state index in [4.69, 9.17) is 4.42 Å². The zero-order valence-corrected chi connectivity index (χ0v) is 11.1. The van der Waals surface area contributed by atoms with Crippen molar-refractivity contribution in [1.29, 1.82) is 0 Å². The van der Waals surface area contributed by atoms with Gasteiger partial charge in [-0.1, -0.05) is 18.2 Å². The minimum atomic E-state index is -1.32. The Balaban J connectivity index is 1.91. The maximum atomic E-state index is 13.7. The van der Waals surface area contributed by atoms with Crippen LogP contribution in [0.25, 0.3) is 11.0 Å². The summed E-state index contributed by atoms with van der Waals surface area (Å²) in [6.45, 7) is 0. The van der Waals surface area contributed by atoms with E-state index in [0.717, 1.165) is 5.56 Å². The van der Waals surface area contributed by atoms with Gasteiger partial charge in [-0.15, -0.1) is 0 Å². The molecule has 2 nitrogen and oxygen atoms in total. The molecule has 1 aliphatic carbocycles. The Bertz CT molecular complexity index is 853. The summed E-state index contributed by atoms with van der Waals surface area (Å²) in [7, 11) is 0. The van der Waals surface area contributed by atoms with Crippen molar-refractivity contribution in [3.8, 4) is 0 Å². The van der Waals surface area contributed by atoms with Crippen LogP contribution in [0.5, 0.6) is 0 Å². The Morgan fingerprint density at radius 3 is 2.76 bits per heavy atom. The van der Waals surface area contributed by atoms with Crippen LogP contribution in [-0.4, -0.2) is 5.11 Å². The Morgan fingerprint density at radius 1 is 1.10 bits per heavy atom. The summed E-state index contributed by atoms with van der Waals surface area (Å²) >= 11 is 0. The van der Waals surface area contributed by atoms with E-state index in [9.17, 15) is 13.9 Å². The first kappa shape index (κ1) is 12.5. The molecule has 1 aliphatic rings. The largest absolute Gasteiger partial charge is 0.455 e. The minimum Gasteiger partial charge on any atom is -0.455 e. The van der Waals surface area contributed by atoms with E-state index in [1.165, 1.54) is 18.2 Å². The number of hydrogen-bond acceptors (Lipinski definition) is 2. The van der Waals surface area contributed by atoms with Gasteiger partial charge >= 0.3 is 0 Å². The van der Waals surface area contributed by atoms with Gasteiger partial charge in [-0.25, -0.2) is 8.78 Å². The van der Waals surface area contributed by atoms with E-state index < -0.39 is 11.4 Å². The molecule has 4 rings (SSSR count). The first-order valence-corrected chi connectivity index (χ1v) is 6.78. The summed E-state index contributed by atoms with van der Waals surface area (Å²) in [5, 5.41) is 11.6. The number of benzene rings is 2. The van der Waals surface area contributed by atoms with Crippen LogP contribution in [0.15, 0.2) is 46.9 Å². The van der Waals surface area contributed by atoms with E-state index in [-0.39, 0.29) is 11.4 Å². The first-order chi connectivity index (χ1) is 10.1. The van der Waals surface area contributed by atoms with Crippen LogP contribution in [0.4, 0.5) is 8.78 Å². The number of rotatable bonds is 1. The molecule has 0 radical (unpaired) electrons. The molecule has 3 aromatic rings. The predicted molar refractivity (Wildman–Crippen MR) is 73.9 cm³/mol. The van der Waals surface area contributed by atoms with Crippen LogP contribution in [0, 0.1) is 11.6 Å². The highest BCUT2D eigenvalue weighted by Crippen LogP contribution is 2.44. The van der Waals surface area contributed by atoms with Crippen molar-refractivity contribution in [2.24, 2.45) is 0 Å². The molecule has 21 heavy (non-hydrogen) atoms. The lowest BCUT2D eigenvalue weighted by atomic mass is 9.93. The highest BCUT2D eigenvalue weighted by atomic mass is 19.1. The van der Waals surface area contributed by atoms with E-state index in [0.29, 0.717) is 29.6 Å². The molecule has 106 valence electrons. The third-order valence-electron chi connectivity index (χ3n) is 4.17. The molecule has 1 N–H and O–H groups in total. The molecule has 0 fully saturated rings. The number of hydrogen-bond donors (Lipinski definition) is 1. The molecule has 1 heterocycles. The Kier molecular flexibility index (Phi) is 2.48. The van der Waals surface area contributed by atoms with Gasteiger partial charge in [-0.2, -0.15) is 0 Å². The summed E-state index contributed by atoms with van der Waals surface area (Å²) in [6.07, 6.45) is 0.955. The van der Waals surface area contributed by atoms with E-state index in [1.807, 2.05) is 0 Å².